The van der Waals surface area contributed by atoms with Gasteiger partial charge in [-0.1, -0.05) is 24.3 Å². The Balaban J connectivity index is 1.41. The molecular weight excluding hydrogens is 364 g/mol. The van der Waals surface area contributed by atoms with Gasteiger partial charge in [-0.25, -0.2) is 0 Å². The van der Waals surface area contributed by atoms with Gasteiger partial charge in [0.05, 0.1) is 17.6 Å². The molecule has 0 spiro atoms. The van der Waals surface area contributed by atoms with Crippen LogP contribution in [0, 0.1) is 11.3 Å². The summed E-state index contributed by atoms with van der Waals surface area (Å²) in [5, 5.41) is 11.7. The first-order valence-electron chi connectivity index (χ1n) is 9.26. The molecule has 5 heteroatoms. The van der Waals surface area contributed by atoms with Crippen molar-refractivity contribution in [2.75, 3.05) is 11.9 Å². The van der Waals surface area contributed by atoms with Crippen LogP contribution in [0.15, 0.2) is 66.7 Å². The fraction of sp³-hybridized carbons (Fsp3) is 0.125. The molecule has 1 heterocycles. The molecule has 29 heavy (non-hydrogen) atoms. The summed E-state index contributed by atoms with van der Waals surface area (Å²) in [6, 6.07) is 22.1. The zero-order valence-corrected chi connectivity index (χ0v) is 15.8. The molecule has 142 valence electrons. The lowest BCUT2D eigenvalue weighted by molar-refractivity contribution is -0.116. The van der Waals surface area contributed by atoms with Crippen molar-refractivity contribution < 1.29 is 14.3 Å². The molecular formula is C24H18N2O3. The third-order valence-corrected chi connectivity index (χ3v) is 5.06. The van der Waals surface area contributed by atoms with Crippen molar-refractivity contribution >= 4 is 17.4 Å². The highest BCUT2D eigenvalue weighted by molar-refractivity contribution is 6.05. The molecule has 0 radical (unpaired) electrons. The summed E-state index contributed by atoms with van der Waals surface area (Å²) in [6.07, 6.45) is 0. The first kappa shape index (κ1) is 18.5. The standard InChI is InChI=1S/C24H18N2O3/c1-15-21-12-19(8-11-22(21)26-24(15)28)23(27)14-29-20-9-6-18(7-10-20)17-4-2-16(13-25)3-5-17/h2-12,15H,14H2,1H3,(H,26,28)/t15-/m1/s1. The fourth-order valence-electron chi connectivity index (χ4n) is 3.30. The van der Waals surface area contributed by atoms with Gasteiger partial charge >= 0.3 is 0 Å². The van der Waals surface area contributed by atoms with Gasteiger partial charge in [-0.2, -0.15) is 5.26 Å². The molecule has 0 aliphatic carbocycles. The van der Waals surface area contributed by atoms with Gasteiger partial charge in [0.15, 0.2) is 12.4 Å². The Labute approximate surface area is 168 Å². The molecule has 0 saturated heterocycles. The third-order valence-electron chi connectivity index (χ3n) is 5.06. The summed E-state index contributed by atoms with van der Waals surface area (Å²) in [6.45, 7) is 1.74. The van der Waals surface area contributed by atoms with E-state index in [9.17, 15) is 9.59 Å². The molecule has 0 unspecified atom stereocenters. The Morgan fingerprint density at radius 3 is 2.34 bits per heavy atom. The molecule has 1 aliphatic heterocycles. The number of ketones is 1. The van der Waals surface area contributed by atoms with E-state index in [4.69, 9.17) is 10.00 Å². The number of Topliss-reactive ketones (excluding diaryl/α,β-unsaturated/α-hetero) is 1. The summed E-state index contributed by atoms with van der Waals surface area (Å²) in [5.74, 6) is 0.147. The Morgan fingerprint density at radius 2 is 1.69 bits per heavy atom. The number of amides is 1. The second-order valence-corrected chi connectivity index (χ2v) is 6.94. The predicted octanol–water partition coefficient (Wildman–Crippen LogP) is 4.54. The quantitative estimate of drug-likeness (QED) is 0.657. The van der Waals surface area contributed by atoms with Crippen molar-refractivity contribution in [1.82, 2.24) is 0 Å². The average Bonchev–Trinajstić information content (AvgIpc) is 3.05. The van der Waals surface area contributed by atoms with E-state index in [2.05, 4.69) is 11.4 Å². The maximum Gasteiger partial charge on any atom is 0.231 e. The zero-order valence-electron chi connectivity index (χ0n) is 15.8. The third kappa shape index (κ3) is 3.74. The van der Waals surface area contributed by atoms with E-state index < -0.39 is 0 Å². The highest BCUT2D eigenvalue weighted by Crippen LogP contribution is 2.32. The number of hydrogen-bond acceptors (Lipinski definition) is 4. The minimum Gasteiger partial charge on any atom is -0.485 e. The largest absolute Gasteiger partial charge is 0.485 e. The molecule has 0 aromatic heterocycles. The minimum absolute atomic E-state index is 0.0526. The number of hydrogen-bond donors (Lipinski definition) is 1. The van der Waals surface area contributed by atoms with Crippen molar-refractivity contribution in [2.24, 2.45) is 0 Å². The van der Waals surface area contributed by atoms with Crippen LogP contribution in [-0.4, -0.2) is 18.3 Å². The predicted molar refractivity (Wildman–Crippen MR) is 110 cm³/mol. The molecule has 3 aromatic carbocycles. The van der Waals surface area contributed by atoms with Crippen LogP contribution in [0.5, 0.6) is 5.75 Å². The SMILES string of the molecule is C[C@H]1C(=O)Nc2ccc(C(=O)COc3ccc(-c4ccc(C#N)cc4)cc3)cc21. The highest BCUT2D eigenvalue weighted by Gasteiger charge is 2.27. The summed E-state index contributed by atoms with van der Waals surface area (Å²) in [5.41, 5.74) is 4.75. The summed E-state index contributed by atoms with van der Waals surface area (Å²) in [7, 11) is 0. The monoisotopic (exact) mass is 382 g/mol. The fourth-order valence-corrected chi connectivity index (χ4v) is 3.30. The normalized spacial score (nSPS) is 14.6. The number of nitriles is 1. The smallest absolute Gasteiger partial charge is 0.231 e. The summed E-state index contributed by atoms with van der Waals surface area (Å²) < 4.78 is 5.64. The number of fused-ring (bicyclic) bond motifs is 1. The van der Waals surface area contributed by atoms with Crippen LogP contribution >= 0.6 is 0 Å². The van der Waals surface area contributed by atoms with E-state index in [1.165, 1.54) is 0 Å². The van der Waals surface area contributed by atoms with Crippen LogP contribution in [0.1, 0.15) is 34.3 Å². The van der Waals surface area contributed by atoms with Gasteiger partial charge in [-0.15, -0.1) is 0 Å². The van der Waals surface area contributed by atoms with Crippen LogP contribution in [0.2, 0.25) is 0 Å². The van der Waals surface area contributed by atoms with E-state index in [0.717, 1.165) is 22.4 Å². The number of carbonyl (C=O) groups excluding carboxylic acids is 2. The van der Waals surface area contributed by atoms with Gasteiger partial charge in [0.25, 0.3) is 0 Å². The number of anilines is 1. The average molecular weight is 382 g/mol. The number of benzene rings is 3. The molecule has 4 rings (SSSR count). The lowest BCUT2D eigenvalue weighted by Crippen LogP contribution is -2.12. The highest BCUT2D eigenvalue weighted by atomic mass is 16.5. The number of ether oxygens (including phenoxy) is 1. The van der Waals surface area contributed by atoms with Gasteiger partial charge in [-0.05, 0) is 66.1 Å². The van der Waals surface area contributed by atoms with Gasteiger partial charge in [0, 0.05) is 11.3 Å². The first-order chi connectivity index (χ1) is 14.0. The molecule has 0 saturated carbocycles. The molecule has 0 bridgehead atoms. The topological polar surface area (TPSA) is 79.2 Å². The molecule has 0 fully saturated rings. The van der Waals surface area contributed by atoms with E-state index in [-0.39, 0.29) is 24.2 Å². The molecule has 5 nitrogen and oxygen atoms in total. The van der Waals surface area contributed by atoms with E-state index >= 15 is 0 Å². The zero-order chi connectivity index (χ0) is 20.4. The Bertz CT molecular complexity index is 1130. The maximum atomic E-state index is 12.5. The number of carbonyl (C=O) groups is 2. The van der Waals surface area contributed by atoms with Gasteiger partial charge in [0.1, 0.15) is 5.75 Å². The molecule has 1 atom stereocenters. The van der Waals surface area contributed by atoms with Gasteiger partial charge in [0.2, 0.25) is 5.91 Å². The Hall–Kier alpha value is -3.91. The van der Waals surface area contributed by atoms with Crippen LogP contribution in [0.4, 0.5) is 5.69 Å². The maximum absolute atomic E-state index is 12.5. The van der Waals surface area contributed by atoms with E-state index in [1.54, 1.807) is 30.3 Å². The van der Waals surface area contributed by atoms with Crippen LogP contribution in [-0.2, 0) is 4.79 Å². The first-order valence-corrected chi connectivity index (χ1v) is 9.26. The van der Waals surface area contributed by atoms with Crippen LogP contribution in [0.25, 0.3) is 11.1 Å². The summed E-state index contributed by atoms with van der Waals surface area (Å²) >= 11 is 0. The van der Waals surface area contributed by atoms with Crippen LogP contribution < -0.4 is 10.1 Å². The van der Waals surface area contributed by atoms with Crippen molar-refractivity contribution in [2.45, 2.75) is 12.8 Å². The Morgan fingerprint density at radius 1 is 1.03 bits per heavy atom. The Kier molecular flexibility index (Phi) is 4.84. The van der Waals surface area contributed by atoms with E-state index in [1.807, 2.05) is 43.3 Å². The van der Waals surface area contributed by atoms with Crippen molar-refractivity contribution in [3.8, 4) is 22.9 Å². The number of nitrogens with zero attached hydrogens (tertiary/aromatic N) is 1. The van der Waals surface area contributed by atoms with Gasteiger partial charge < -0.3 is 10.1 Å². The molecule has 3 aromatic rings. The van der Waals surface area contributed by atoms with Crippen molar-refractivity contribution in [1.29, 1.82) is 5.26 Å². The number of rotatable bonds is 5. The van der Waals surface area contributed by atoms with Crippen LogP contribution in [0.3, 0.4) is 0 Å². The lowest BCUT2D eigenvalue weighted by Gasteiger charge is -2.09. The summed E-state index contributed by atoms with van der Waals surface area (Å²) in [4.78, 5) is 24.2. The number of nitrogens with one attached hydrogen (secondary N) is 1. The minimum atomic E-state index is -0.256. The van der Waals surface area contributed by atoms with E-state index in [0.29, 0.717) is 16.9 Å². The van der Waals surface area contributed by atoms with Gasteiger partial charge in [-0.3, -0.25) is 9.59 Å². The van der Waals surface area contributed by atoms with Crippen molar-refractivity contribution in [3.63, 3.8) is 0 Å². The lowest BCUT2D eigenvalue weighted by atomic mass is 9.99. The second-order valence-electron chi connectivity index (χ2n) is 6.94. The molecule has 1 amide bonds. The second kappa shape index (κ2) is 7.61. The molecule has 1 aliphatic rings. The molecule has 1 N–H and O–H groups in total. The van der Waals surface area contributed by atoms with Crippen molar-refractivity contribution in [3.05, 3.63) is 83.4 Å².